The Kier molecular flexibility index (Phi) is 3.94. The van der Waals surface area contributed by atoms with E-state index in [0.717, 1.165) is 0 Å². The summed E-state index contributed by atoms with van der Waals surface area (Å²) >= 11 is 0. The minimum atomic E-state index is -4.24. The third-order valence-electron chi connectivity index (χ3n) is 2.31. The lowest BCUT2D eigenvalue weighted by Crippen LogP contribution is -2.21. The van der Waals surface area contributed by atoms with Gasteiger partial charge in [0.25, 0.3) is 0 Å². The van der Waals surface area contributed by atoms with E-state index in [0.29, 0.717) is 17.2 Å². The summed E-state index contributed by atoms with van der Waals surface area (Å²) in [6.07, 6.45) is -4.24. The molecule has 0 aliphatic carbocycles. The van der Waals surface area contributed by atoms with Gasteiger partial charge in [-0.25, -0.2) is 0 Å². The van der Waals surface area contributed by atoms with E-state index in [1.165, 1.54) is 6.07 Å². The summed E-state index contributed by atoms with van der Waals surface area (Å²) < 4.78 is 41.8. The van der Waals surface area contributed by atoms with E-state index in [2.05, 4.69) is 5.32 Å². The number of ether oxygens (including phenoxy) is 1. The van der Waals surface area contributed by atoms with Gasteiger partial charge >= 0.3 is 6.18 Å². The topological polar surface area (TPSA) is 21.3 Å². The number of alkyl halides is 3. The van der Waals surface area contributed by atoms with E-state index < -0.39 is 12.7 Å². The van der Waals surface area contributed by atoms with Crippen LogP contribution in [0, 0.1) is 0 Å². The normalized spacial score (nSPS) is 11.1. The van der Waals surface area contributed by atoms with Gasteiger partial charge in [-0.3, -0.25) is 0 Å². The Morgan fingerprint density at radius 3 is 2.26 bits per heavy atom. The van der Waals surface area contributed by atoms with Gasteiger partial charge in [0, 0.05) is 11.8 Å². The van der Waals surface area contributed by atoms with Crippen LogP contribution in [-0.2, 0) is 0 Å². The molecule has 0 aromatic heterocycles. The maximum atomic E-state index is 12.1. The van der Waals surface area contributed by atoms with Gasteiger partial charge in [0.15, 0.2) is 0 Å². The fourth-order valence-corrected chi connectivity index (χ4v) is 1.50. The molecule has 100 valence electrons. The molecule has 5 heteroatoms. The molecule has 0 atom stereocenters. The molecule has 0 amide bonds. The quantitative estimate of drug-likeness (QED) is 0.883. The first kappa shape index (κ1) is 13.3. The second-order valence-electron chi connectivity index (χ2n) is 3.91. The molecule has 0 spiro atoms. The molecule has 0 bridgehead atoms. The number of benzene rings is 2. The number of hydrogen-bond donors (Lipinski definition) is 1. The van der Waals surface area contributed by atoms with E-state index in [4.69, 9.17) is 4.74 Å². The lowest BCUT2D eigenvalue weighted by molar-refractivity contribution is -0.115. The molecule has 2 nitrogen and oxygen atoms in total. The maximum absolute atomic E-state index is 12.1. The van der Waals surface area contributed by atoms with Crippen molar-refractivity contribution in [3.63, 3.8) is 0 Å². The predicted octanol–water partition coefficient (Wildman–Crippen LogP) is 4.45. The molecule has 0 aliphatic rings. The molecule has 0 saturated carbocycles. The minimum absolute atomic E-state index is 0.366. The summed E-state index contributed by atoms with van der Waals surface area (Å²) in [6.45, 7) is -1.07. The van der Waals surface area contributed by atoms with Gasteiger partial charge in [-0.2, -0.15) is 13.2 Å². The number of anilines is 1. The Balaban J connectivity index is 2.03. The Hall–Kier alpha value is -2.17. The lowest BCUT2D eigenvalue weighted by atomic mass is 10.3. The highest BCUT2D eigenvalue weighted by atomic mass is 19.4. The van der Waals surface area contributed by atoms with Crippen LogP contribution in [0.5, 0.6) is 11.5 Å². The third kappa shape index (κ3) is 4.54. The zero-order valence-corrected chi connectivity index (χ0v) is 9.95. The average Bonchev–Trinajstić information content (AvgIpc) is 2.37. The lowest BCUT2D eigenvalue weighted by Gasteiger charge is -2.11. The number of halogens is 3. The fraction of sp³-hybridized carbons (Fsp3) is 0.143. The third-order valence-corrected chi connectivity index (χ3v) is 2.31. The van der Waals surface area contributed by atoms with Crippen molar-refractivity contribution in [2.75, 3.05) is 11.9 Å². The van der Waals surface area contributed by atoms with E-state index in [1.54, 1.807) is 30.3 Å². The van der Waals surface area contributed by atoms with E-state index in [9.17, 15) is 13.2 Å². The maximum Gasteiger partial charge on any atom is 0.405 e. The van der Waals surface area contributed by atoms with Crippen LogP contribution in [0.4, 0.5) is 18.9 Å². The van der Waals surface area contributed by atoms with Crippen LogP contribution in [0.2, 0.25) is 0 Å². The molecule has 2 aromatic carbocycles. The first-order valence-corrected chi connectivity index (χ1v) is 5.66. The molecule has 2 aromatic rings. The summed E-state index contributed by atoms with van der Waals surface area (Å²) in [5.74, 6) is 1.12. The Morgan fingerprint density at radius 2 is 1.58 bits per heavy atom. The van der Waals surface area contributed by atoms with Crippen molar-refractivity contribution in [2.24, 2.45) is 0 Å². The minimum Gasteiger partial charge on any atom is -0.457 e. The van der Waals surface area contributed by atoms with Crippen LogP contribution in [0.15, 0.2) is 54.6 Å². The van der Waals surface area contributed by atoms with Crippen molar-refractivity contribution < 1.29 is 17.9 Å². The van der Waals surface area contributed by atoms with Crippen molar-refractivity contribution in [3.8, 4) is 11.5 Å². The molecule has 0 saturated heterocycles. The number of hydrogen-bond acceptors (Lipinski definition) is 2. The Bertz CT molecular complexity index is 526. The van der Waals surface area contributed by atoms with Crippen molar-refractivity contribution in [3.05, 3.63) is 54.6 Å². The summed E-state index contributed by atoms with van der Waals surface area (Å²) in [6, 6.07) is 15.5. The van der Waals surface area contributed by atoms with Gasteiger partial charge in [0.05, 0.1) is 0 Å². The molecule has 19 heavy (non-hydrogen) atoms. The summed E-state index contributed by atoms with van der Waals surface area (Å²) in [5.41, 5.74) is 0.366. The molecule has 0 unspecified atom stereocenters. The summed E-state index contributed by atoms with van der Waals surface area (Å²) in [4.78, 5) is 0. The van der Waals surface area contributed by atoms with E-state index >= 15 is 0 Å². The van der Waals surface area contributed by atoms with Crippen molar-refractivity contribution >= 4 is 5.69 Å². The molecule has 0 aliphatic heterocycles. The van der Waals surface area contributed by atoms with E-state index in [1.807, 2.05) is 18.2 Å². The molecule has 0 heterocycles. The van der Waals surface area contributed by atoms with Gasteiger partial charge in [0.2, 0.25) is 0 Å². The van der Waals surface area contributed by atoms with Crippen molar-refractivity contribution in [2.45, 2.75) is 6.18 Å². The Labute approximate surface area is 108 Å². The molecule has 2 rings (SSSR count). The van der Waals surface area contributed by atoms with Gasteiger partial charge in [0.1, 0.15) is 18.0 Å². The number of para-hydroxylation sites is 1. The van der Waals surface area contributed by atoms with Crippen LogP contribution in [0.3, 0.4) is 0 Å². The first-order chi connectivity index (χ1) is 9.03. The second-order valence-corrected chi connectivity index (χ2v) is 3.91. The molecule has 0 fully saturated rings. The zero-order valence-electron chi connectivity index (χ0n) is 9.95. The smallest absolute Gasteiger partial charge is 0.405 e. The highest BCUT2D eigenvalue weighted by Crippen LogP contribution is 2.24. The molecule has 0 radical (unpaired) electrons. The summed E-state index contributed by atoms with van der Waals surface area (Å²) in [5, 5.41) is 2.31. The number of rotatable bonds is 4. The largest absolute Gasteiger partial charge is 0.457 e. The van der Waals surface area contributed by atoms with Gasteiger partial charge in [-0.05, 0) is 24.3 Å². The number of nitrogens with one attached hydrogen (secondary N) is 1. The summed E-state index contributed by atoms with van der Waals surface area (Å²) in [7, 11) is 0. The van der Waals surface area contributed by atoms with Gasteiger partial charge < -0.3 is 10.1 Å². The Morgan fingerprint density at radius 1 is 0.895 bits per heavy atom. The monoisotopic (exact) mass is 267 g/mol. The van der Waals surface area contributed by atoms with Gasteiger partial charge in [-0.15, -0.1) is 0 Å². The first-order valence-electron chi connectivity index (χ1n) is 5.66. The molecular weight excluding hydrogens is 255 g/mol. The second kappa shape index (κ2) is 5.65. The highest BCUT2D eigenvalue weighted by molar-refractivity contribution is 5.49. The van der Waals surface area contributed by atoms with Crippen molar-refractivity contribution in [1.29, 1.82) is 0 Å². The van der Waals surface area contributed by atoms with Crippen LogP contribution < -0.4 is 10.1 Å². The standard InChI is InChI=1S/C14H12F3NO/c15-14(16,17)10-18-11-5-4-8-13(9-11)19-12-6-2-1-3-7-12/h1-9,18H,10H2. The van der Waals surface area contributed by atoms with Crippen LogP contribution >= 0.6 is 0 Å². The SMILES string of the molecule is FC(F)(F)CNc1cccc(Oc2ccccc2)c1. The van der Waals surface area contributed by atoms with Crippen LogP contribution in [0.25, 0.3) is 0 Å². The molecular formula is C14H12F3NO. The van der Waals surface area contributed by atoms with Crippen molar-refractivity contribution in [1.82, 2.24) is 0 Å². The van der Waals surface area contributed by atoms with Crippen LogP contribution in [-0.4, -0.2) is 12.7 Å². The average molecular weight is 267 g/mol. The van der Waals surface area contributed by atoms with E-state index in [-0.39, 0.29) is 0 Å². The van der Waals surface area contributed by atoms with Gasteiger partial charge in [-0.1, -0.05) is 24.3 Å². The predicted molar refractivity (Wildman–Crippen MR) is 67.5 cm³/mol. The highest BCUT2D eigenvalue weighted by Gasteiger charge is 2.26. The zero-order chi connectivity index (χ0) is 13.7. The fourth-order valence-electron chi connectivity index (χ4n) is 1.50. The van der Waals surface area contributed by atoms with Crippen LogP contribution in [0.1, 0.15) is 0 Å². The molecule has 1 N–H and O–H groups in total.